The summed E-state index contributed by atoms with van der Waals surface area (Å²) in [4.78, 5) is 0.201. The molecule has 0 radical (unpaired) electrons. The van der Waals surface area contributed by atoms with E-state index in [2.05, 4.69) is 18.6 Å². The lowest BCUT2D eigenvalue weighted by molar-refractivity contribution is 0.318. The molecule has 1 N–H and O–H groups in total. The molecule has 0 saturated heterocycles. The van der Waals surface area contributed by atoms with Gasteiger partial charge in [-0.1, -0.05) is 43.6 Å². The molecule has 0 saturated carbocycles. The molecule has 0 fully saturated rings. The zero-order valence-electron chi connectivity index (χ0n) is 14.0. The largest absolute Gasteiger partial charge is 0.492 e. The van der Waals surface area contributed by atoms with Gasteiger partial charge < -0.3 is 4.74 Å². The number of sulfonamides is 1. The van der Waals surface area contributed by atoms with E-state index in [-0.39, 0.29) is 18.0 Å². The fraction of sp³-hybridized carbons (Fsp3) is 0.333. The van der Waals surface area contributed by atoms with Crippen LogP contribution in [0.25, 0.3) is 0 Å². The standard InChI is InChI=1S/C18H22ClNO3S/c1-13(2)16-6-4-5-7-18(16)23-11-10-20-24(21,22)15-8-9-17(19)14(3)12-15/h4-9,12-13,20H,10-11H2,1-3H3. The van der Waals surface area contributed by atoms with Gasteiger partial charge in [-0.3, -0.25) is 0 Å². The number of hydrogen-bond donors (Lipinski definition) is 1. The average Bonchev–Trinajstić information content (AvgIpc) is 2.54. The highest BCUT2D eigenvalue weighted by Crippen LogP contribution is 2.25. The Morgan fingerprint density at radius 1 is 1.17 bits per heavy atom. The van der Waals surface area contributed by atoms with E-state index in [0.29, 0.717) is 10.9 Å². The number of halogens is 1. The minimum atomic E-state index is -3.57. The van der Waals surface area contributed by atoms with Gasteiger partial charge in [0, 0.05) is 11.6 Å². The van der Waals surface area contributed by atoms with Crippen LogP contribution in [0.2, 0.25) is 5.02 Å². The van der Waals surface area contributed by atoms with Crippen LogP contribution in [0.1, 0.15) is 30.9 Å². The Kier molecular flexibility index (Phi) is 6.27. The average molecular weight is 368 g/mol. The molecule has 0 aliphatic carbocycles. The van der Waals surface area contributed by atoms with Gasteiger partial charge in [-0.15, -0.1) is 0 Å². The molecule has 0 spiro atoms. The first-order valence-corrected chi connectivity index (χ1v) is 9.65. The highest BCUT2D eigenvalue weighted by molar-refractivity contribution is 7.89. The van der Waals surface area contributed by atoms with Gasteiger partial charge in [0.25, 0.3) is 0 Å². The van der Waals surface area contributed by atoms with Gasteiger partial charge in [0.2, 0.25) is 10.0 Å². The molecule has 0 heterocycles. The molecule has 0 bridgehead atoms. The molecule has 24 heavy (non-hydrogen) atoms. The topological polar surface area (TPSA) is 55.4 Å². The molecule has 0 aliphatic heterocycles. The Bertz CT molecular complexity index is 804. The summed E-state index contributed by atoms with van der Waals surface area (Å²) in [5, 5.41) is 0.544. The summed E-state index contributed by atoms with van der Waals surface area (Å²) >= 11 is 5.93. The van der Waals surface area contributed by atoms with E-state index >= 15 is 0 Å². The minimum Gasteiger partial charge on any atom is -0.492 e. The van der Waals surface area contributed by atoms with Gasteiger partial charge in [0.1, 0.15) is 12.4 Å². The predicted molar refractivity (Wildman–Crippen MR) is 97.4 cm³/mol. The smallest absolute Gasteiger partial charge is 0.240 e. The van der Waals surface area contributed by atoms with E-state index in [0.717, 1.165) is 16.9 Å². The Morgan fingerprint density at radius 3 is 2.54 bits per heavy atom. The maximum atomic E-state index is 12.3. The van der Waals surface area contributed by atoms with E-state index in [1.165, 1.54) is 6.07 Å². The van der Waals surface area contributed by atoms with Gasteiger partial charge in [0.15, 0.2) is 0 Å². The number of ether oxygens (including phenoxy) is 1. The first-order valence-electron chi connectivity index (χ1n) is 7.79. The van der Waals surface area contributed by atoms with Crippen LogP contribution in [-0.2, 0) is 10.0 Å². The van der Waals surface area contributed by atoms with Crippen LogP contribution >= 0.6 is 11.6 Å². The van der Waals surface area contributed by atoms with Crippen LogP contribution in [0.15, 0.2) is 47.4 Å². The van der Waals surface area contributed by atoms with E-state index in [1.54, 1.807) is 19.1 Å². The van der Waals surface area contributed by atoms with Crippen molar-refractivity contribution in [1.29, 1.82) is 0 Å². The molecule has 2 rings (SSSR count). The molecule has 6 heteroatoms. The number of benzene rings is 2. The van der Waals surface area contributed by atoms with Crippen LogP contribution < -0.4 is 9.46 Å². The fourth-order valence-corrected chi connectivity index (χ4v) is 3.51. The van der Waals surface area contributed by atoms with E-state index < -0.39 is 10.0 Å². The summed E-state index contributed by atoms with van der Waals surface area (Å²) in [6.45, 7) is 6.40. The molecular formula is C18H22ClNO3S. The number of para-hydroxylation sites is 1. The summed E-state index contributed by atoms with van der Waals surface area (Å²) in [5.41, 5.74) is 1.83. The quantitative estimate of drug-likeness (QED) is 0.748. The molecule has 2 aromatic rings. The molecule has 4 nitrogen and oxygen atoms in total. The van der Waals surface area contributed by atoms with Crippen LogP contribution in [0, 0.1) is 6.92 Å². The lowest BCUT2D eigenvalue weighted by Gasteiger charge is -2.14. The lowest BCUT2D eigenvalue weighted by atomic mass is 10.0. The second-order valence-electron chi connectivity index (χ2n) is 5.85. The second kappa shape index (κ2) is 8.01. The third-order valence-electron chi connectivity index (χ3n) is 3.63. The highest BCUT2D eigenvalue weighted by atomic mass is 35.5. The van der Waals surface area contributed by atoms with Crippen molar-refractivity contribution >= 4 is 21.6 Å². The molecule has 2 aromatic carbocycles. The van der Waals surface area contributed by atoms with Crippen molar-refractivity contribution in [3.8, 4) is 5.75 Å². The first-order chi connectivity index (χ1) is 11.3. The van der Waals surface area contributed by atoms with Crippen molar-refractivity contribution in [2.45, 2.75) is 31.6 Å². The van der Waals surface area contributed by atoms with E-state index in [9.17, 15) is 8.42 Å². The van der Waals surface area contributed by atoms with Crippen LogP contribution in [0.5, 0.6) is 5.75 Å². The fourth-order valence-electron chi connectivity index (χ4n) is 2.29. The second-order valence-corrected chi connectivity index (χ2v) is 8.02. The van der Waals surface area contributed by atoms with Gasteiger partial charge in [0.05, 0.1) is 4.90 Å². The molecule has 0 aliphatic rings. The molecule has 0 atom stereocenters. The Balaban J connectivity index is 1.95. The summed E-state index contributed by atoms with van der Waals surface area (Å²) < 4.78 is 32.8. The summed E-state index contributed by atoms with van der Waals surface area (Å²) in [6, 6.07) is 12.4. The van der Waals surface area contributed by atoms with Crippen LogP contribution in [0.4, 0.5) is 0 Å². The summed E-state index contributed by atoms with van der Waals surface area (Å²) in [5.74, 6) is 1.13. The predicted octanol–water partition coefficient (Wildman–Crippen LogP) is 4.13. The summed E-state index contributed by atoms with van der Waals surface area (Å²) in [7, 11) is -3.57. The van der Waals surface area contributed by atoms with Crippen molar-refractivity contribution in [2.75, 3.05) is 13.2 Å². The van der Waals surface area contributed by atoms with Crippen molar-refractivity contribution in [3.05, 3.63) is 58.6 Å². The zero-order valence-corrected chi connectivity index (χ0v) is 15.6. The Hall–Kier alpha value is -1.56. The lowest BCUT2D eigenvalue weighted by Crippen LogP contribution is -2.28. The number of aryl methyl sites for hydroxylation is 1. The monoisotopic (exact) mass is 367 g/mol. The Labute approximate surface area is 148 Å². The maximum absolute atomic E-state index is 12.3. The number of rotatable bonds is 7. The van der Waals surface area contributed by atoms with Crippen LogP contribution in [0.3, 0.4) is 0 Å². The first kappa shape index (κ1) is 18.8. The van der Waals surface area contributed by atoms with Gasteiger partial charge in [-0.05, 0) is 48.2 Å². The molecule has 0 amide bonds. The van der Waals surface area contributed by atoms with Crippen molar-refractivity contribution in [2.24, 2.45) is 0 Å². The SMILES string of the molecule is Cc1cc(S(=O)(=O)NCCOc2ccccc2C(C)C)ccc1Cl. The van der Waals surface area contributed by atoms with Crippen molar-refractivity contribution in [1.82, 2.24) is 4.72 Å². The van der Waals surface area contributed by atoms with Gasteiger partial charge in [-0.25, -0.2) is 13.1 Å². The zero-order chi connectivity index (χ0) is 17.7. The third kappa shape index (κ3) is 4.72. The maximum Gasteiger partial charge on any atom is 0.240 e. The Morgan fingerprint density at radius 2 is 1.88 bits per heavy atom. The summed E-state index contributed by atoms with van der Waals surface area (Å²) in [6.07, 6.45) is 0. The van der Waals surface area contributed by atoms with Crippen molar-refractivity contribution < 1.29 is 13.2 Å². The highest BCUT2D eigenvalue weighted by Gasteiger charge is 2.14. The minimum absolute atomic E-state index is 0.191. The number of nitrogens with one attached hydrogen (secondary N) is 1. The van der Waals surface area contributed by atoms with Crippen molar-refractivity contribution in [3.63, 3.8) is 0 Å². The third-order valence-corrected chi connectivity index (χ3v) is 5.52. The number of hydrogen-bond acceptors (Lipinski definition) is 3. The van der Waals surface area contributed by atoms with E-state index in [1.807, 2.05) is 24.3 Å². The van der Waals surface area contributed by atoms with Crippen LogP contribution in [-0.4, -0.2) is 21.6 Å². The molecular weight excluding hydrogens is 346 g/mol. The molecule has 0 unspecified atom stereocenters. The molecule has 130 valence electrons. The van der Waals surface area contributed by atoms with Gasteiger partial charge >= 0.3 is 0 Å². The normalized spacial score (nSPS) is 11.7. The van der Waals surface area contributed by atoms with Gasteiger partial charge in [-0.2, -0.15) is 0 Å². The van der Waals surface area contributed by atoms with E-state index in [4.69, 9.17) is 16.3 Å². The molecule has 0 aromatic heterocycles.